The van der Waals surface area contributed by atoms with Gasteiger partial charge in [-0.3, -0.25) is 14.3 Å². The van der Waals surface area contributed by atoms with Gasteiger partial charge in [-0.1, -0.05) is 12.2 Å². The molecule has 31 heavy (non-hydrogen) atoms. The zero-order valence-corrected chi connectivity index (χ0v) is 19.0. The molecule has 2 amide bonds. The number of aromatic nitrogens is 3. The molecule has 8 heteroatoms. The maximum atomic E-state index is 14.0. The van der Waals surface area contributed by atoms with Crippen LogP contribution in [0.2, 0.25) is 0 Å². The Hall–Kier alpha value is -2.48. The number of piperidine rings is 1. The minimum Gasteiger partial charge on any atom is -0.341 e. The number of aryl methyl sites for hydroxylation is 2. The summed E-state index contributed by atoms with van der Waals surface area (Å²) in [5.74, 6) is 0.338. The Labute approximate surface area is 186 Å². The van der Waals surface area contributed by atoms with E-state index in [1.807, 2.05) is 39.9 Å². The largest absolute Gasteiger partial charge is 0.341 e. The standard InChI is InChI=1S/C23H29N5O2S/c1-16-25-18(14-31-16)12-27-11-5-9-23(22(27)30)15-28(21(29)17-6-3-4-7-17)13-19(23)20-8-10-24-26(20)2/h3-4,8,10,14,17,19H,5-7,9,11-13,15H2,1-2H3/t19-,23+/m0/s1. The summed E-state index contributed by atoms with van der Waals surface area (Å²) in [4.78, 5) is 35.8. The molecule has 4 heterocycles. The molecule has 2 atom stereocenters. The Morgan fingerprint density at radius 3 is 2.81 bits per heavy atom. The molecule has 2 saturated heterocycles. The quantitative estimate of drug-likeness (QED) is 0.687. The Balaban J connectivity index is 1.46. The second kappa shape index (κ2) is 7.89. The van der Waals surface area contributed by atoms with Crippen LogP contribution < -0.4 is 0 Å². The number of thiazole rings is 1. The van der Waals surface area contributed by atoms with Gasteiger partial charge in [-0.05, 0) is 38.7 Å². The summed E-state index contributed by atoms with van der Waals surface area (Å²) < 4.78 is 1.87. The van der Waals surface area contributed by atoms with Crippen molar-refractivity contribution in [2.45, 2.75) is 45.1 Å². The van der Waals surface area contributed by atoms with Crippen LogP contribution in [-0.4, -0.2) is 56.0 Å². The molecular formula is C23H29N5O2S. The van der Waals surface area contributed by atoms with Crippen LogP contribution >= 0.6 is 11.3 Å². The van der Waals surface area contributed by atoms with Gasteiger partial charge < -0.3 is 9.80 Å². The lowest BCUT2D eigenvalue weighted by Gasteiger charge is -2.42. The van der Waals surface area contributed by atoms with Crippen molar-refractivity contribution in [1.29, 1.82) is 0 Å². The fourth-order valence-corrected chi connectivity index (χ4v) is 6.27. The Morgan fingerprint density at radius 1 is 1.32 bits per heavy atom. The predicted octanol–water partition coefficient (Wildman–Crippen LogP) is 2.89. The first kappa shape index (κ1) is 20.4. The molecular weight excluding hydrogens is 410 g/mol. The van der Waals surface area contributed by atoms with Crippen LogP contribution in [0.5, 0.6) is 0 Å². The third kappa shape index (κ3) is 3.50. The van der Waals surface area contributed by atoms with Crippen LogP contribution in [0.3, 0.4) is 0 Å². The number of carbonyl (C=O) groups excluding carboxylic acids is 2. The summed E-state index contributed by atoms with van der Waals surface area (Å²) in [6.45, 7) is 4.37. The van der Waals surface area contributed by atoms with E-state index in [0.717, 1.165) is 48.6 Å². The molecule has 1 spiro atoms. The molecule has 164 valence electrons. The zero-order chi connectivity index (χ0) is 21.6. The first-order chi connectivity index (χ1) is 15.0. The smallest absolute Gasteiger partial charge is 0.231 e. The van der Waals surface area contributed by atoms with E-state index < -0.39 is 5.41 Å². The van der Waals surface area contributed by atoms with Crippen LogP contribution in [0, 0.1) is 18.3 Å². The molecule has 3 aliphatic rings. The van der Waals surface area contributed by atoms with Crippen LogP contribution in [0.25, 0.3) is 0 Å². The fourth-order valence-electron chi connectivity index (χ4n) is 5.66. The van der Waals surface area contributed by atoms with Crippen molar-refractivity contribution in [3.8, 4) is 0 Å². The van der Waals surface area contributed by atoms with Gasteiger partial charge in [-0.15, -0.1) is 11.3 Å². The third-order valence-electron chi connectivity index (χ3n) is 7.21. The van der Waals surface area contributed by atoms with Crippen molar-refractivity contribution < 1.29 is 9.59 Å². The summed E-state index contributed by atoms with van der Waals surface area (Å²) >= 11 is 1.62. The summed E-state index contributed by atoms with van der Waals surface area (Å²) in [6.07, 6.45) is 9.34. The van der Waals surface area contributed by atoms with E-state index in [9.17, 15) is 9.59 Å². The number of hydrogen-bond acceptors (Lipinski definition) is 5. The fraction of sp³-hybridized carbons (Fsp3) is 0.565. The SMILES string of the molecule is Cc1nc(CN2CCC[C@]3(CN(C(=O)C4CC=CC4)C[C@H]3c3ccnn3C)C2=O)cs1. The maximum Gasteiger partial charge on any atom is 0.231 e. The molecule has 5 rings (SSSR count). The summed E-state index contributed by atoms with van der Waals surface area (Å²) in [5.41, 5.74) is 1.41. The van der Waals surface area contributed by atoms with E-state index in [1.165, 1.54) is 0 Å². The minimum absolute atomic E-state index is 0.0233. The highest BCUT2D eigenvalue weighted by molar-refractivity contribution is 7.09. The molecule has 7 nitrogen and oxygen atoms in total. The maximum absolute atomic E-state index is 14.0. The average molecular weight is 440 g/mol. The lowest BCUT2D eigenvalue weighted by atomic mass is 9.70. The van der Waals surface area contributed by atoms with Crippen LogP contribution in [-0.2, 0) is 23.2 Å². The molecule has 2 aliphatic heterocycles. The highest BCUT2D eigenvalue weighted by atomic mass is 32.1. The van der Waals surface area contributed by atoms with Gasteiger partial charge in [0, 0.05) is 55.8 Å². The minimum atomic E-state index is -0.585. The second-order valence-electron chi connectivity index (χ2n) is 9.14. The van der Waals surface area contributed by atoms with Crippen LogP contribution in [0.4, 0.5) is 0 Å². The van der Waals surface area contributed by atoms with Crippen molar-refractivity contribution >= 4 is 23.2 Å². The van der Waals surface area contributed by atoms with Gasteiger partial charge in [0.15, 0.2) is 0 Å². The van der Waals surface area contributed by atoms with Crippen molar-refractivity contribution in [1.82, 2.24) is 24.6 Å². The van der Waals surface area contributed by atoms with Gasteiger partial charge in [-0.25, -0.2) is 4.98 Å². The third-order valence-corrected chi connectivity index (χ3v) is 8.03. The van der Waals surface area contributed by atoms with E-state index in [0.29, 0.717) is 19.6 Å². The highest BCUT2D eigenvalue weighted by Gasteiger charge is 2.57. The van der Waals surface area contributed by atoms with Gasteiger partial charge in [-0.2, -0.15) is 5.10 Å². The molecule has 0 unspecified atom stereocenters. The van der Waals surface area contributed by atoms with Gasteiger partial charge >= 0.3 is 0 Å². The number of hydrogen-bond donors (Lipinski definition) is 0. The monoisotopic (exact) mass is 439 g/mol. The summed E-state index contributed by atoms with van der Waals surface area (Å²) in [6, 6.07) is 2.01. The van der Waals surface area contributed by atoms with Crippen LogP contribution in [0.15, 0.2) is 29.8 Å². The molecule has 0 radical (unpaired) electrons. The van der Waals surface area contributed by atoms with E-state index in [4.69, 9.17) is 0 Å². The lowest BCUT2D eigenvalue weighted by molar-refractivity contribution is -0.148. The normalized spacial score (nSPS) is 26.5. The lowest BCUT2D eigenvalue weighted by Crippen LogP contribution is -2.52. The molecule has 2 fully saturated rings. The molecule has 0 N–H and O–H groups in total. The number of likely N-dealkylation sites (tertiary alicyclic amines) is 2. The van der Waals surface area contributed by atoms with Gasteiger partial charge in [0.2, 0.25) is 11.8 Å². The molecule has 0 aromatic carbocycles. The van der Waals surface area contributed by atoms with E-state index >= 15 is 0 Å². The van der Waals surface area contributed by atoms with E-state index in [-0.39, 0.29) is 23.7 Å². The number of rotatable bonds is 4. The topological polar surface area (TPSA) is 71.3 Å². The average Bonchev–Trinajstić information content (AvgIpc) is 3.53. The first-order valence-corrected chi connectivity index (χ1v) is 12.0. The molecule has 0 saturated carbocycles. The van der Waals surface area contributed by atoms with Crippen LogP contribution in [0.1, 0.15) is 48.0 Å². The first-order valence-electron chi connectivity index (χ1n) is 11.1. The van der Waals surface area contributed by atoms with Crippen molar-refractivity contribution in [2.24, 2.45) is 18.4 Å². The predicted molar refractivity (Wildman–Crippen MR) is 118 cm³/mol. The Bertz CT molecular complexity index is 1020. The number of nitrogens with zero attached hydrogens (tertiary/aromatic N) is 5. The van der Waals surface area contributed by atoms with Crippen molar-refractivity contribution in [2.75, 3.05) is 19.6 Å². The molecule has 0 bridgehead atoms. The zero-order valence-electron chi connectivity index (χ0n) is 18.2. The van der Waals surface area contributed by atoms with Gasteiger partial charge in [0.25, 0.3) is 0 Å². The van der Waals surface area contributed by atoms with Crippen molar-refractivity contribution in [3.05, 3.63) is 46.2 Å². The number of amides is 2. The van der Waals surface area contributed by atoms with Gasteiger partial charge in [0.05, 0.1) is 22.7 Å². The molecule has 1 aliphatic carbocycles. The number of carbonyl (C=O) groups is 2. The Kier molecular flexibility index (Phi) is 5.20. The Morgan fingerprint density at radius 2 is 2.13 bits per heavy atom. The van der Waals surface area contributed by atoms with E-state index in [1.54, 1.807) is 17.5 Å². The van der Waals surface area contributed by atoms with Gasteiger partial charge in [0.1, 0.15) is 0 Å². The molecule has 2 aromatic rings. The van der Waals surface area contributed by atoms with Crippen molar-refractivity contribution in [3.63, 3.8) is 0 Å². The second-order valence-corrected chi connectivity index (χ2v) is 10.2. The summed E-state index contributed by atoms with van der Waals surface area (Å²) in [5, 5.41) is 7.43. The summed E-state index contributed by atoms with van der Waals surface area (Å²) in [7, 11) is 1.93. The van der Waals surface area contributed by atoms with E-state index in [2.05, 4.69) is 22.2 Å². The highest BCUT2D eigenvalue weighted by Crippen LogP contribution is 2.50. The number of allylic oxidation sites excluding steroid dienone is 2. The molecule has 2 aromatic heterocycles.